The van der Waals surface area contributed by atoms with Crippen LogP contribution in [0, 0.1) is 0 Å². The normalized spacial score (nSPS) is 11.3. The molecule has 0 aliphatic rings. The highest BCUT2D eigenvalue weighted by molar-refractivity contribution is 6.00. The van der Waals surface area contributed by atoms with Crippen LogP contribution in [0.5, 0.6) is 5.75 Å². The van der Waals surface area contributed by atoms with Gasteiger partial charge in [0.1, 0.15) is 5.75 Å². The maximum Gasteiger partial charge on any atom is 0.255 e. The summed E-state index contributed by atoms with van der Waals surface area (Å²) in [5.41, 5.74) is 9.41. The highest BCUT2D eigenvalue weighted by Gasteiger charge is 2.12. The summed E-state index contributed by atoms with van der Waals surface area (Å²) in [4.78, 5) is 16.8. The second kappa shape index (κ2) is 6.37. The minimum Gasteiger partial charge on any atom is -0.507 e. The number of aromatic nitrogens is 1. The lowest BCUT2D eigenvalue weighted by molar-refractivity contribution is 0.414. The van der Waals surface area contributed by atoms with Gasteiger partial charge in [0.15, 0.2) is 0 Å². The number of hydrogen-bond donors (Lipinski definition) is 3. The van der Waals surface area contributed by atoms with Crippen molar-refractivity contribution in [2.24, 2.45) is 0 Å². The van der Waals surface area contributed by atoms with E-state index >= 15 is 0 Å². The van der Waals surface area contributed by atoms with Gasteiger partial charge in [0.25, 0.3) is 5.56 Å². The fraction of sp³-hybridized carbons (Fsp3) is 0.211. The zero-order valence-electron chi connectivity index (χ0n) is 13.8. The summed E-state index contributed by atoms with van der Waals surface area (Å²) >= 11 is 0. The van der Waals surface area contributed by atoms with Gasteiger partial charge < -0.3 is 20.7 Å². The number of nitrogens with zero attached hydrogens (tertiary/aromatic N) is 1. The Morgan fingerprint density at radius 1 is 1.21 bits per heavy atom. The van der Waals surface area contributed by atoms with Gasteiger partial charge in [-0.05, 0) is 49.8 Å². The molecule has 0 unspecified atom stereocenters. The molecule has 1 aromatic heterocycles. The molecule has 124 valence electrons. The largest absolute Gasteiger partial charge is 0.507 e. The van der Waals surface area contributed by atoms with Crippen LogP contribution < -0.4 is 11.3 Å². The molecule has 0 saturated heterocycles. The molecule has 0 aliphatic heterocycles. The van der Waals surface area contributed by atoms with Crippen LogP contribution in [-0.2, 0) is 6.42 Å². The van der Waals surface area contributed by atoms with Gasteiger partial charge in [-0.15, -0.1) is 0 Å². The van der Waals surface area contributed by atoms with Gasteiger partial charge in [-0.2, -0.15) is 0 Å². The third-order valence-electron chi connectivity index (χ3n) is 4.19. The van der Waals surface area contributed by atoms with E-state index < -0.39 is 0 Å². The first-order chi connectivity index (χ1) is 11.5. The number of anilines is 1. The standard InChI is InChI=1S/C19H21N3O2/c1-22(2)9-8-12-6-7-13(10-16(12)20)15-11-21-19(24)14-4-3-5-17(23)18(14)15/h3-7,10-11,23H,8-9,20H2,1-2H3,(H,21,24). The minimum absolute atomic E-state index is 0.0869. The first-order valence-electron chi connectivity index (χ1n) is 7.84. The van der Waals surface area contributed by atoms with E-state index in [1.807, 2.05) is 32.3 Å². The number of phenolic OH excluding ortho intramolecular Hbond substituents is 1. The van der Waals surface area contributed by atoms with Gasteiger partial charge in [-0.1, -0.05) is 18.2 Å². The Labute approximate surface area is 140 Å². The average Bonchev–Trinajstić information content (AvgIpc) is 2.55. The van der Waals surface area contributed by atoms with Gasteiger partial charge in [-0.3, -0.25) is 4.79 Å². The van der Waals surface area contributed by atoms with Crippen molar-refractivity contribution in [3.05, 3.63) is 58.5 Å². The SMILES string of the molecule is CN(C)CCc1ccc(-c2c[nH]c(=O)c3cccc(O)c23)cc1N. The van der Waals surface area contributed by atoms with Gasteiger partial charge in [-0.25, -0.2) is 0 Å². The molecule has 0 radical (unpaired) electrons. The zero-order chi connectivity index (χ0) is 17.3. The number of phenols is 1. The van der Waals surface area contributed by atoms with Crippen LogP contribution in [0.2, 0.25) is 0 Å². The van der Waals surface area contributed by atoms with E-state index in [9.17, 15) is 9.90 Å². The number of nitrogens with one attached hydrogen (secondary N) is 1. The van der Waals surface area contributed by atoms with Crippen molar-refractivity contribution in [3.63, 3.8) is 0 Å². The predicted octanol–water partition coefficient (Wildman–Crippen LogP) is 2.59. The van der Waals surface area contributed by atoms with E-state index in [2.05, 4.69) is 9.88 Å². The number of hydrogen-bond acceptors (Lipinski definition) is 4. The number of nitrogens with two attached hydrogens (primary N) is 1. The molecular weight excluding hydrogens is 302 g/mol. The Morgan fingerprint density at radius 3 is 2.71 bits per heavy atom. The molecule has 1 heterocycles. The van der Waals surface area contributed by atoms with E-state index in [4.69, 9.17) is 5.73 Å². The lowest BCUT2D eigenvalue weighted by Crippen LogP contribution is -2.15. The summed E-state index contributed by atoms with van der Waals surface area (Å²) in [5.74, 6) is 0.0869. The topological polar surface area (TPSA) is 82.3 Å². The maximum absolute atomic E-state index is 12.0. The van der Waals surface area contributed by atoms with Crippen LogP contribution >= 0.6 is 0 Å². The van der Waals surface area contributed by atoms with E-state index in [0.29, 0.717) is 16.5 Å². The Hall–Kier alpha value is -2.79. The minimum atomic E-state index is -0.222. The Bertz CT molecular complexity index is 945. The third-order valence-corrected chi connectivity index (χ3v) is 4.19. The van der Waals surface area contributed by atoms with Gasteiger partial charge in [0, 0.05) is 29.4 Å². The highest BCUT2D eigenvalue weighted by atomic mass is 16.3. The predicted molar refractivity (Wildman–Crippen MR) is 98.3 cm³/mol. The first-order valence-corrected chi connectivity index (χ1v) is 7.84. The Balaban J connectivity index is 2.10. The van der Waals surface area contributed by atoms with Crippen LogP contribution in [0.4, 0.5) is 5.69 Å². The highest BCUT2D eigenvalue weighted by Crippen LogP contribution is 2.33. The Kier molecular flexibility index (Phi) is 4.27. The molecule has 3 rings (SSSR count). The van der Waals surface area contributed by atoms with Crippen molar-refractivity contribution in [2.45, 2.75) is 6.42 Å². The smallest absolute Gasteiger partial charge is 0.255 e. The van der Waals surface area contributed by atoms with E-state index in [-0.39, 0.29) is 11.3 Å². The number of aromatic hydroxyl groups is 1. The molecule has 0 fully saturated rings. The number of H-pyrrole nitrogens is 1. The molecule has 4 N–H and O–H groups in total. The first kappa shape index (κ1) is 16.1. The molecule has 0 saturated carbocycles. The van der Waals surface area contributed by atoms with Gasteiger partial charge in [0.05, 0.1) is 5.39 Å². The van der Waals surface area contributed by atoms with Crippen molar-refractivity contribution >= 4 is 16.5 Å². The van der Waals surface area contributed by atoms with Crippen molar-refractivity contribution in [1.29, 1.82) is 0 Å². The lowest BCUT2D eigenvalue weighted by Gasteiger charge is -2.13. The van der Waals surface area contributed by atoms with Crippen molar-refractivity contribution in [3.8, 4) is 16.9 Å². The molecule has 5 heteroatoms. The molecule has 5 nitrogen and oxygen atoms in total. The maximum atomic E-state index is 12.0. The number of rotatable bonds is 4. The Morgan fingerprint density at radius 2 is 2.00 bits per heavy atom. The van der Waals surface area contributed by atoms with Crippen LogP contribution in [0.3, 0.4) is 0 Å². The summed E-state index contributed by atoms with van der Waals surface area (Å²) < 4.78 is 0. The fourth-order valence-electron chi connectivity index (χ4n) is 2.86. The number of aromatic amines is 1. The fourth-order valence-corrected chi connectivity index (χ4v) is 2.86. The monoisotopic (exact) mass is 323 g/mol. The molecular formula is C19H21N3O2. The number of fused-ring (bicyclic) bond motifs is 1. The van der Waals surface area contributed by atoms with Crippen molar-refractivity contribution in [1.82, 2.24) is 9.88 Å². The van der Waals surface area contributed by atoms with Crippen molar-refractivity contribution in [2.75, 3.05) is 26.4 Å². The van der Waals surface area contributed by atoms with Gasteiger partial charge >= 0.3 is 0 Å². The molecule has 0 bridgehead atoms. The third kappa shape index (κ3) is 2.98. The molecule has 0 aliphatic carbocycles. The summed E-state index contributed by atoms with van der Waals surface area (Å²) in [6, 6.07) is 10.8. The molecule has 3 aromatic rings. The van der Waals surface area contributed by atoms with E-state index in [1.54, 1.807) is 24.4 Å². The quantitative estimate of drug-likeness (QED) is 0.645. The molecule has 0 amide bonds. The summed E-state index contributed by atoms with van der Waals surface area (Å²) in [6.45, 7) is 0.923. The van der Waals surface area contributed by atoms with E-state index in [0.717, 1.165) is 29.7 Å². The number of nitrogen functional groups attached to an aromatic ring is 1. The molecule has 24 heavy (non-hydrogen) atoms. The van der Waals surface area contributed by atoms with E-state index in [1.165, 1.54) is 0 Å². The lowest BCUT2D eigenvalue weighted by atomic mass is 9.97. The van der Waals surface area contributed by atoms with Crippen LogP contribution in [0.1, 0.15) is 5.56 Å². The number of pyridine rings is 1. The zero-order valence-corrected chi connectivity index (χ0v) is 13.8. The number of benzene rings is 2. The van der Waals surface area contributed by atoms with Gasteiger partial charge in [0.2, 0.25) is 0 Å². The summed E-state index contributed by atoms with van der Waals surface area (Å²) in [7, 11) is 4.06. The van der Waals surface area contributed by atoms with Crippen LogP contribution in [0.15, 0.2) is 47.4 Å². The van der Waals surface area contributed by atoms with Crippen LogP contribution in [-0.4, -0.2) is 35.6 Å². The van der Waals surface area contributed by atoms with Crippen molar-refractivity contribution < 1.29 is 5.11 Å². The number of likely N-dealkylation sites (N-methyl/N-ethyl adjacent to an activating group) is 1. The summed E-state index contributed by atoms with van der Waals surface area (Å²) in [5, 5.41) is 11.2. The molecule has 2 aromatic carbocycles. The average molecular weight is 323 g/mol. The second-order valence-corrected chi connectivity index (χ2v) is 6.20. The summed E-state index contributed by atoms with van der Waals surface area (Å²) in [6.07, 6.45) is 2.50. The van der Waals surface area contributed by atoms with Crippen LogP contribution in [0.25, 0.3) is 21.9 Å². The molecule has 0 atom stereocenters. The second-order valence-electron chi connectivity index (χ2n) is 6.20. The molecule has 0 spiro atoms.